The van der Waals surface area contributed by atoms with E-state index in [1.807, 2.05) is 20.8 Å². The zero-order chi connectivity index (χ0) is 16.6. The van der Waals surface area contributed by atoms with Gasteiger partial charge in [-0.1, -0.05) is 26.7 Å². The van der Waals surface area contributed by atoms with Gasteiger partial charge in [0.25, 0.3) is 0 Å². The van der Waals surface area contributed by atoms with E-state index in [4.69, 9.17) is 18.4 Å². The molecule has 0 rings (SSSR count). The Morgan fingerprint density at radius 2 is 1.38 bits per heavy atom. The molecule has 5 nitrogen and oxygen atoms in total. The SMILES string of the molecule is CCCCNC(C)O.CCC[Si](OCC)(OCC)OCC. The number of aliphatic hydroxyl groups excluding tert-OH is 1. The Kier molecular flexibility index (Phi) is 18.2. The second-order valence-electron chi connectivity index (χ2n) is 4.72. The predicted molar refractivity (Wildman–Crippen MR) is 90.3 cm³/mol. The van der Waals surface area contributed by atoms with Crippen molar-refractivity contribution in [2.24, 2.45) is 0 Å². The van der Waals surface area contributed by atoms with E-state index in [1.54, 1.807) is 6.92 Å². The Morgan fingerprint density at radius 1 is 0.905 bits per heavy atom. The molecule has 0 heterocycles. The maximum absolute atomic E-state index is 8.67. The Bertz CT molecular complexity index is 177. The van der Waals surface area contributed by atoms with Crippen molar-refractivity contribution < 1.29 is 18.4 Å². The lowest BCUT2D eigenvalue weighted by Gasteiger charge is -2.27. The number of rotatable bonds is 12. The second kappa shape index (κ2) is 16.4. The highest BCUT2D eigenvalue weighted by molar-refractivity contribution is 6.60. The van der Waals surface area contributed by atoms with Gasteiger partial charge < -0.3 is 18.4 Å². The molecule has 1 unspecified atom stereocenters. The average molecular weight is 324 g/mol. The van der Waals surface area contributed by atoms with Gasteiger partial charge in [-0.05, 0) is 40.7 Å². The van der Waals surface area contributed by atoms with Crippen molar-refractivity contribution in [3.8, 4) is 0 Å². The van der Waals surface area contributed by atoms with Crippen LogP contribution in [0.2, 0.25) is 6.04 Å². The van der Waals surface area contributed by atoms with Crippen LogP contribution in [0.4, 0.5) is 0 Å². The maximum atomic E-state index is 8.67. The minimum absolute atomic E-state index is 0.346. The first kappa shape index (κ1) is 23.3. The van der Waals surface area contributed by atoms with E-state index >= 15 is 0 Å². The lowest BCUT2D eigenvalue weighted by atomic mass is 10.3. The smallest absolute Gasteiger partial charge is 0.379 e. The van der Waals surface area contributed by atoms with Crippen molar-refractivity contribution in [2.45, 2.75) is 73.1 Å². The second-order valence-corrected chi connectivity index (χ2v) is 7.45. The third kappa shape index (κ3) is 14.7. The Balaban J connectivity index is 0. The van der Waals surface area contributed by atoms with Crippen molar-refractivity contribution in [1.82, 2.24) is 5.32 Å². The van der Waals surface area contributed by atoms with Crippen LogP contribution < -0.4 is 5.32 Å². The molecule has 0 aromatic carbocycles. The molecule has 0 aromatic rings. The molecule has 2 N–H and O–H groups in total. The van der Waals surface area contributed by atoms with Crippen molar-refractivity contribution in [2.75, 3.05) is 26.4 Å². The Labute approximate surface area is 132 Å². The highest BCUT2D eigenvalue weighted by Gasteiger charge is 2.38. The Morgan fingerprint density at radius 3 is 1.67 bits per heavy atom. The number of nitrogens with one attached hydrogen (secondary N) is 1. The first-order valence-corrected chi connectivity index (χ1v) is 10.3. The molecule has 0 bridgehead atoms. The minimum Gasteiger partial charge on any atom is -0.379 e. The normalized spacial score (nSPS) is 12.7. The minimum atomic E-state index is -2.30. The standard InChI is InChI=1S/C9H22O3Si.C6H15NO/c1-5-9-13(10-6-2,11-7-3)12-8-4;1-3-4-5-7-6(2)8/h5-9H2,1-4H3;6-8H,3-5H2,1-2H3. The van der Waals surface area contributed by atoms with Gasteiger partial charge in [0, 0.05) is 25.9 Å². The summed E-state index contributed by atoms with van der Waals surface area (Å²) in [5, 5.41) is 11.6. The molecule has 6 heteroatoms. The van der Waals surface area contributed by atoms with E-state index in [1.165, 1.54) is 6.42 Å². The third-order valence-electron chi connectivity index (χ3n) is 2.62. The summed E-state index contributed by atoms with van der Waals surface area (Å²) in [7, 11) is -2.30. The van der Waals surface area contributed by atoms with Crippen LogP contribution in [-0.2, 0) is 13.3 Å². The van der Waals surface area contributed by atoms with E-state index in [9.17, 15) is 0 Å². The van der Waals surface area contributed by atoms with Gasteiger partial charge in [0.05, 0.1) is 0 Å². The van der Waals surface area contributed by atoms with E-state index in [2.05, 4.69) is 19.2 Å². The van der Waals surface area contributed by atoms with Crippen LogP contribution in [0.25, 0.3) is 0 Å². The van der Waals surface area contributed by atoms with Crippen LogP contribution in [0, 0.1) is 0 Å². The van der Waals surface area contributed by atoms with E-state index in [0.717, 1.165) is 25.4 Å². The van der Waals surface area contributed by atoms with Crippen LogP contribution in [0.15, 0.2) is 0 Å². The lowest BCUT2D eigenvalue weighted by Crippen LogP contribution is -2.45. The van der Waals surface area contributed by atoms with Gasteiger partial charge in [0.15, 0.2) is 0 Å². The number of unbranched alkanes of at least 4 members (excludes halogenated alkanes) is 1. The summed E-state index contributed by atoms with van der Waals surface area (Å²) >= 11 is 0. The topological polar surface area (TPSA) is 60.0 Å². The summed E-state index contributed by atoms with van der Waals surface area (Å²) in [6.45, 7) is 14.9. The number of hydrogen-bond donors (Lipinski definition) is 2. The molecule has 0 saturated carbocycles. The number of hydrogen-bond acceptors (Lipinski definition) is 5. The third-order valence-corrected chi connectivity index (χ3v) is 5.92. The zero-order valence-electron chi connectivity index (χ0n) is 14.9. The molecule has 0 aliphatic carbocycles. The van der Waals surface area contributed by atoms with Crippen molar-refractivity contribution >= 4 is 8.80 Å². The highest BCUT2D eigenvalue weighted by atomic mass is 28.4. The molecule has 0 aliphatic heterocycles. The van der Waals surface area contributed by atoms with Crippen LogP contribution >= 0.6 is 0 Å². The summed E-state index contributed by atoms with van der Waals surface area (Å²) in [6.07, 6.45) is 3.03. The summed E-state index contributed by atoms with van der Waals surface area (Å²) < 4.78 is 16.9. The van der Waals surface area contributed by atoms with Crippen LogP contribution in [0.5, 0.6) is 0 Å². The van der Waals surface area contributed by atoms with E-state index in [0.29, 0.717) is 19.8 Å². The summed E-state index contributed by atoms with van der Waals surface area (Å²) in [6, 6.07) is 0.919. The largest absolute Gasteiger partial charge is 0.500 e. The van der Waals surface area contributed by atoms with Gasteiger partial charge in [0.1, 0.15) is 6.23 Å². The first-order valence-electron chi connectivity index (χ1n) is 8.35. The van der Waals surface area contributed by atoms with Gasteiger partial charge in [-0.25, -0.2) is 0 Å². The average Bonchev–Trinajstić information content (AvgIpc) is 2.40. The molecule has 0 saturated heterocycles. The molecule has 0 spiro atoms. The molecule has 0 amide bonds. The molecular weight excluding hydrogens is 286 g/mol. The first-order chi connectivity index (χ1) is 10.0. The van der Waals surface area contributed by atoms with Gasteiger partial charge in [0.2, 0.25) is 0 Å². The van der Waals surface area contributed by atoms with Crippen LogP contribution in [-0.4, -0.2) is 46.5 Å². The van der Waals surface area contributed by atoms with E-state index < -0.39 is 8.80 Å². The highest BCUT2D eigenvalue weighted by Crippen LogP contribution is 2.17. The Hall–Kier alpha value is 0.0169. The molecule has 0 fully saturated rings. The molecular formula is C15H37NO4Si. The van der Waals surface area contributed by atoms with Gasteiger partial charge in [-0.3, -0.25) is 5.32 Å². The summed E-state index contributed by atoms with van der Waals surface area (Å²) in [4.78, 5) is 0. The van der Waals surface area contributed by atoms with Crippen molar-refractivity contribution in [3.05, 3.63) is 0 Å². The van der Waals surface area contributed by atoms with Gasteiger partial charge >= 0.3 is 8.80 Å². The predicted octanol–water partition coefficient (Wildman–Crippen LogP) is 3.16. The lowest BCUT2D eigenvalue weighted by molar-refractivity contribution is 0.0711. The molecule has 0 radical (unpaired) electrons. The fourth-order valence-electron chi connectivity index (χ4n) is 1.80. The molecule has 1 atom stereocenters. The summed E-state index contributed by atoms with van der Waals surface area (Å²) in [5.74, 6) is 0. The van der Waals surface area contributed by atoms with E-state index in [-0.39, 0.29) is 6.23 Å². The quantitative estimate of drug-likeness (QED) is 0.328. The van der Waals surface area contributed by atoms with Crippen LogP contribution in [0.3, 0.4) is 0 Å². The monoisotopic (exact) mass is 323 g/mol. The number of aliphatic hydroxyl groups is 1. The molecule has 21 heavy (non-hydrogen) atoms. The fraction of sp³-hybridized carbons (Fsp3) is 1.00. The molecule has 130 valence electrons. The van der Waals surface area contributed by atoms with Gasteiger partial charge in [-0.15, -0.1) is 0 Å². The summed E-state index contributed by atoms with van der Waals surface area (Å²) in [5.41, 5.74) is 0. The molecule has 0 aromatic heterocycles. The van der Waals surface area contributed by atoms with Crippen molar-refractivity contribution in [3.63, 3.8) is 0 Å². The molecule has 0 aliphatic rings. The van der Waals surface area contributed by atoms with Crippen molar-refractivity contribution in [1.29, 1.82) is 0 Å². The zero-order valence-corrected chi connectivity index (χ0v) is 15.9. The maximum Gasteiger partial charge on any atom is 0.500 e. The van der Waals surface area contributed by atoms with Crippen LogP contribution in [0.1, 0.15) is 60.8 Å². The van der Waals surface area contributed by atoms with Gasteiger partial charge in [-0.2, -0.15) is 0 Å². The fourth-order valence-corrected chi connectivity index (χ4v) is 4.41.